The highest BCUT2D eigenvalue weighted by atomic mass is 16.6. The first-order valence-electron chi connectivity index (χ1n) is 14.2. The number of unbranched alkanes of at least 4 members (excludes halogenated alkanes) is 1. The lowest BCUT2D eigenvalue weighted by Gasteiger charge is -2.10. The van der Waals surface area contributed by atoms with Crippen LogP contribution in [0.2, 0.25) is 0 Å². The molecule has 1 atom stereocenters. The molecule has 17 nitrogen and oxygen atoms in total. The first kappa shape index (κ1) is 37.8. The van der Waals surface area contributed by atoms with Crippen molar-refractivity contribution in [2.75, 3.05) is 92.4 Å². The van der Waals surface area contributed by atoms with E-state index in [1.165, 1.54) is 6.07 Å². The van der Waals surface area contributed by atoms with Crippen LogP contribution in [0.5, 0.6) is 0 Å². The molecule has 0 saturated heterocycles. The fraction of sp³-hybridized carbons (Fsp3) is 0.731. The van der Waals surface area contributed by atoms with Crippen molar-refractivity contribution in [1.29, 1.82) is 0 Å². The van der Waals surface area contributed by atoms with Gasteiger partial charge in [-0.15, -0.1) is 0 Å². The second kappa shape index (κ2) is 25.3. The number of hydrogen-bond donors (Lipinski definition) is 4. The van der Waals surface area contributed by atoms with E-state index in [4.69, 9.17) is 38.6 Å². The number of ether oxygens (including phenoxy) is 6. The third kappa shape index (κ3) is 21.2. The van der Waals surface area contributed by atoms with Crippen LogP contribution in [0.4, 0.5) is 5.88 Å². The fourth-order valence-corrected chi connectivity index (χ4v) is 3.25. The third-order valence-electron chi connectivity index (χ3n) is 5.53. The van der Waals surface area contributed by atoms with E-state index in [-0.39, 0.29) is 18.1 Å². The molecule has 1 rings (SSSR count). The van der Waals surface area contributed by atoms with Crippen LogP contribution in [0.3, 0.4) is 0 Å². The van der Waals surface area contributed by atoms with Gasteiger partial charge in [-0.25, -0.2) is 0 Å². The molecule has 0 aliphatic carbocycles. The Bertz CT molecular complexity index is 917. The molecule has 3 amide bonds. The Morgan fingerprint density at radius 2 is 1.30 bits per heavy atom. The monoisotopic (exact) mass is 620 g/mol. The second-order valence-corrected chi connectivity index (χ2v) is 9.03. The molecule has 0 radical (unpaired) electrons. The number of furan rings is 1. The Morgan fingerprint density at radius 3 is 1.79 bits per heavy atom. The summed E-state index contributed by atoms with van der Waals surface area (Å²) >= 11 is 0. The van der Waals surface area contributed by atoms with Crippen LogP contribution in [-0.2, 0) is 38.0 Å². The molecular weight excluding hydrogens is 574 g/mol. The van der Waals surface area contributed by atoms with Crippen molar-refractivity contribution in [2.24, 2.45) is 5.73 Å². The number of quaternary nitrogens is 1. The summed E-state index contributed by atoms with van der Waals surface area (Å²) < 4.78 is 37.0. The summed E-state index contributed by atoms with van der Waals surface area (Å²) in [5, 5.41) is 16.0. The van der Waals surface area contributed by atoms with Gasteiger partial charge >= 0.3 is 5.88 Å². The van der Waals surface area contributed by atoms with Gasteiger partial charge in [0.1, 0.15) is 4.92 Å². The molecule has 0 fully saturated rings. The summed E-state index contributed by atoms with van der Waals surface area (Å²) in [5.41, 5.74) is 8.87. The first-order valence-corrected chi connectivity index (χ1v) is 14.2. The molecule has 17 heteroatoms. The highest BCUT2D eigenvalue weighted by molar-refractivity contribution is 5.91. The van der Waals surface area contributed by atoms with Crippen LogP contribution in [-0.4, -0.2) is 121 Å². The molecule has 246 valence electrons. The lowest BCUT2D eigenvalue weighted by molar-refractivity contribution is -0.405. The zero-order valence-corrected chi connectivity index (χ0v) is 24.6. The van der Waals surface area contributed by atoms with Crippen molar-refractivity contribution in [3.05, 3.63) is 28.0 Å². The van der Waals surface area contributed by atoms with Crippen molar-refractivity contribution >= 4 is 23.6 Å². The lowest BCUT2D eigenvalue weighted by Crippen LogP contribution is -2.67. The molecule has 43 heavy (non-hydrogen) atoms. The second-order valence-electron chi connectivity index (χ2n) is 9.03. The minimum Gasteiger partial charge on any atom is -0.395 e. The van der Waals surface area contributed by atoms with Gasteiger partial charge < -0.3 is 54.9 Å². The van der Waals surface area contributed by atoms with E-state index in [9.17, 15) is 24.5 Å². The third-order valence-corrected chi connectivity index (χ3v) is 5.53. The van der Waals surface area contributed by atoms with Crippen molar-refractivity contribution in [3.8, 4) is 0 Å². The van der Waals surface area contributed by atoms with Crippen molar-refractivity contribution in [1.82, 2.24) is 10.6 Å². The van der Waals surface area contributed by atoms with Crippen LogP contribution in [0, 0.1) is 10.1 Å². The van der Waals surface area contributed by atoms with Gasteiger partial charge in [0.15, 0.2) is 11.8 Å². The van der Waals surface area contributed by atoms with Gasteiger partial charge in [-0.1, -0.05) is 0 Å². The summed E-state index contributed by atoms with van der Waals surface area (Å²) in [6, 6.07) is 1.93. The van der Waals surface area contributed by atoms with Crippen LogP contribution in [0.1, 0.15) is 36.2 Å². The Hall–Kier alpha value is -3.19. The van der Waals surface area contributed by atoms with Gasteiger partial charge in [0.25, 0.3) is 11.8 Å². The van der Waals surface area contributed by atoms with Crippen molar-refractivity contribution in [3.63, 3.8) is 0 Å². The number of nitrogens with one attached hydrogen (secondary N) is 2. The minimum absolute atomic E-state index is 0.125. The maximum absolute atomic E-state index is 12.1. The molecule has 0 saturated carbocycles. The Morgan fingerprint density at radius 1 is 0.791 bits per heavy atom. The number of primary amides is 1. The number of rotatable bonds is 29. The molecule has 1 aromatic heterocycles. The van der Waals surface area contributed by atoms with Crippen LogP contribution in [0.25, 0.3) is 0 Å². The van der Waals surface area contributed by atoms with E-state index in [0.29, 0.717) is 112 Å². The number of hydrogen-bond acceptors (Lipinski definition) is 12. The van der Waals surface area contributed by atoms with Crippen LogP contribution >= 0.6 is 0 Å². The van der Waals surface area contributed by atoms with E-state index in [1.807, 2.05) is 0 Å². The smallest absolute Gasteiger partial charge is 0.395 e. The summed E-state index contributed by atoms with van der Waals surface area (Å²) in [6.07, 6.45) is 2.03. The predicted molar refractivity (Wildman–Crippen MR) is 150 cm³/mol. The normalized spacial score (nSPS) is 11.7. The summed E-state index contributed by atoms with van der Waals surface area (Å²) in [6.45, 7) is 5.60. The van der Waals surface area contributed by atoms with E-state index in [1.54, 1.807) is 0 Å². The largest absolute Gasteiger partial charge is 0.433 e. The SMILES string of the molecule is NC(=O)CCOCCOCCOCCOCCOCCOCCNC(=O)[C@@H]([NH3+])CCCCNC(=O)c1ccc([N+](=O)[O-])o1. The molecule has 0 aromatic carbocycles. The lowest BCUT2D eigenvalue weighted by atomic mass is 10.1. The molecule has 7 N–H and O–H groups in total. The van der Waals surface area contributed by atoms with Gasteiger partial charge in [0, 0.05) is 25.9 Å². The summed E-state index contributed by atoms with van der Waals surface area (Å²) in [4.78, 5) is 44.5. The van der Waals surface area contributed by atoms with Gasteiger partial charge in [-0.2, -0.15) is 0 Å². The topological polar surface area (TPSA) is 241 Å². The Balaban J connectivity index is 1.81. The Kier molecular flexibility index (Phi) is 22.3. The van der Waals surface area contributed by atoms with E-state index >= 15 is 0 Å². The number of amides is 3. The van der Waals surface area contributed by atoms with Gasteiger partial charge in [0.2, 0.25) is 5.91 Å². The maximum Gasteiger partial charge on any atom is 0.433 e. The molecular formula is C26H46N5O12+. The van der Waals surface area contributed by atoms with E-state index in [2.05, 4.69) is 16.4 Å². The average molecular weight is 621 g/mol. The zero-order valence-electron chi connectivity index (χ0n) is 24.6. The summed E-state index contributed by atoms with van der Waals surface area (Å²) in [5.74, 6) is -1.72. The molecule has 1 heterocycles. The predicted octanol–water partition coefficient (Wildman–Crippen LogP) is -1.21. The van der Waals surface area contributed by atoms with Crippen LogP contribution in [0.15, 0.2) is 16.5 Å². The molecule has 0 aliphatic heterocycles. The highest BCUT2D eigenvalue weighted by Gasteiger charge is 2.18. The molecule has 0 unspecified atom stereocenters. The average Bonchev–Trinajstić information content (AvgIpc) is 3.48. The maximum atomic E-state index is 12.1. The first-order chi connectivity index (χ1) is 20.8. The van der Waals surface area contributed by atoms with Gasteiger partial charge in [-0.3, -0.25) is 24.5 Å². The van der Waals surface area contributed by atoms with Gasteiger partial charge in [0.05, 0.1) is 85.3 Å². The quantitative estimate of drug-likeness (QED) is 0.0468. The zero-order chi connectivity index (χ0) is 31.5. The van der Waals surface area contributed by atoms with Gasteiger partial charge in [-0.05, 0) is 18.9 Å². The number of carbonyl (C=O) groups excluding carboxylic acids is 3. The molecule has 0 aliphatic rings. The van der Waals surface area contributed by atoms with E-state index < -0.39 is 28.7 Å². The van der Waals surface area contributed by atoms with Crippen LogP contribution < -0.4 is 22.1 Å². The number of nitrogens with zero attached hydrogens (tertiary/aromatic N) is 1. The van der Waals surface area contributed by atoms with Crippen molar-refractivity contribution < 1.29 is 57.9 Å². The molecule has 1 aromatic rings. The molecule has 0 bridgehead atoms. The van der Waals surface area contributed by atoms with Crippen molar-refractivity contribution in [2.45, 2.75) is 31.7 Å². The highest BCUT2D eigenvalue weighted by Crippen LogP contribution is 2.15. The Labute approximate surface area is 250 Å². The molecule has 0 spiro atoms. The standard InChI is InChI=1S/C26H45N5O12/c27-21(3-1-2-7-29-26(34)22-4-5-24(43-22)31(35)36)25(33)30-8-10-38-12-14-40-16-18-42-20-19-41-17-15-39-13-11-37-9-6-23(28)32/h4-5,21H,1-3,6-20,27H2,(H2,28,32)(H,29,34)(H,30,33)/p+1/t21-/m0/s1. The number of nitro groups is 1. The summed E-state index contributed by atoms with van der Waals surface area (Å²) in [7, 11) is 0. The van der Waals surface area contributed by atoms with E-state index in [0.717, 1.165) is 6.07 Å². The fourth-order valence-electron chi connectivity index (χ4n) is 3.25. The number of nitrogens with two attached hydrogens (primary N) is 1. The minimum atomic E-state index is -0.713. The number of carbonyl (C=O) groups is 3.